The van der Waals surface area contributed by atoms with Crippen molar-refractivity contribution in [3.63, 3.8) is 0 Å². The van der Waals surface area contributed by atoms with E-state index in [1.54, 1.807) is 13.8 Å². The molecule has 6 atom stereocenters. The summed E-state index contributed by atoms with van der Waals surface area (Å²) < 4.78 is 74.9. The Kier molecular flexibility index (Phi) is 4.35. The van der Waals surface area contributed by atoms with Crippen LogP contribution in [0.5, 0.6) is 0 Å². The predicted octanol–water partition coefficient (Wildman–Crippen LogP) is 1.40. The van der Waals surface area contributed by atoms with Crippen molar-refractivity contribution in [2.24, 2.45) is 17.3 Å². The molecule has 0 aromatic heterocycles. The molecule has 13 heteroatoms. The number of ether oxygens (including phenoxy) is 1. The molecule has 182 valence electrons. The van der Waals surface area contributed by atoms with Crippen LogP contribution in [0.1, 0.15) is 31.4 Å². The van der Waals surface area contributed by atoms with E-state index in [0.717, 1.165) is 21.3 Å². The Balaban J connectivity index is 1.51. The van der Waals surface area contributed by atoms with E-state index in [1.807, 2.05) is 0 Å². The van der Waals surface area contributed by atoms with Gasteiger partial charge in [0.25, 0.3) is 10.2 Å². The van der Waals surface area contributed by atoms with Crippen LogP contribution in [-0.2, 0) is 30.7 Å². The number of anilines is 1. The Bertz CT molecular complexity index is 1310. The van der Waals surface area contributed by atoms with Crippen molar-refractivity contribution in [2.45, 2.75) is 43.7 Å². The summed E-state index contributed by atoms with van der Waals surface area (Å²) in [6.45, 7) is 3.30. The molecule has 34 heavy (non-hydrogen) atoms. The second kappa shape index (κ2) is 6.37. The van der Waals surface area contributed by atoms with E-state index in [2.05, 4.69) is 4.72 Å². The van der Waals surface area contributed by atoms with Crippen LogP contribution in [0.3, 0.4) is 0 Å². The van der Waals surface area contributed by atoms with Gasteiger partial charge < -0.3 is 4.74 Å². The summed E-state index contributed by atoms with van der Waals surface area (Å²) in [5.74, 6) is -2.75. The van der Waals surface area contributed by atoms with Gasteiger partial charge in [-0.2, -0.15) is 35.9 Å². The first-order valence-corrected chi connectivity index (χ1v) is 11.9. The minimum Gasteiger partial charge on any atom is -0.366 e. The SMILES string of the molecule is CN(C)S(=O)(=O)N[C@@H]1CC2(C)OC1(C)[C@@H]1[C@@H]3C(=O)N(c4ccc(C#N)c(C(F)(F)F)c4)C(=O)[C@]312. The number of rotatable bonds is 4. The molecule has 9 nitrogen and oxygen atoms in total. The van der Waals surface area contributed by atoms with E-state index in [0.29, 0.717) is 6.07 Å². The van der Waals surface area contributed by atoms with Crippen LogP contribution in [0.25, 0.3) is 0 Å². The number of imide groups is 1. The Morgan fingerprint density at radius 1 is 1.26 bits per heavy atom. The van der Waals surface area contributed by atoms with Gasteiger partial charge in [0.05, 0.1) is 51.5 Å². The highest BCUT2D eigenvalue weighted by molar-refractivity contribution is 7.87. The third kappa shape index (κ3) is 2.51. The van der Waals surface area contributed by atoms with Crippen molar-refractivity contribution in [2.75, 3.05) is 19.0 Å². The number of nitrogens with zero attached hydrogens (tertiary/aromatic N) is 3. The van der Waals surface area contributed by atoms with E-state index in [4.69, 9.17) is 10.00 Å². The molecule has 3 aliphatic heterocycles. The van der Waals surface area contributed by atoms with E-state index in [-0.39, 0.29) is 12.1 Å². The summed E-state index contributed by atoms with van der Waals surface area (Å²) in [7, 11) is -1.08. The molecule has 1 saturated carbocycles. The molecule has 1 aromatic carbocycles. The zero-order valence-corrected chi connectivity index (χ0v) is 19.4. The molecule has 1 N–H and O–H groups in total. The molecule has 1 aliphatic carbocycles. The van der Waals surface area contributed by atoms with Crippen molar-refractivity contribution in [3.8, 4) is 6.07 Å². The van der Waals surface area contributed by atoms with Gasteiger partial charge in [-0.1, -0.05) is 0 Å². The molecule has 3 heterocycles. The van der Waals surface area contributed by atoms with E-state index in [1.165, 1.54) is 20.2 Å². The summed E-state index contributed by atoms with van der Waals surface area (Å²) in [6.07, 6.45) is -4.72. The van der Waals surface area contributed by atoms with Crippen molar-refractivity contribution < 1.29 is 35.9 Å². The van der Waals surface area contributed by atoms with Gasteiger partial charge in [-0.3, -0.25) is 9.59 Å². The first-order chi connectivity index (χ1) is 15.6. The number of carbonyl (C=O) groups is 2. The van der Waals surface area contributed by atoms with Crippen molar-refractivity contribution in [3.05, 3.63) is 29.3 Å². The number of carbonyl (C=O) groups excluding carboxylic acids is 2. The summed E-state index contributed by atoms with van der Waals surface area (Å²) in [4.78, 5) is 27.7. The fourth-order valence-corrected chi connectivity index (χ4v) is 7.39. The molecule has 1 aromatic rings. The van der Waals surface area contributed by atoms with Crippen molar-refractivity contribution in [1.82, 2.24) is 9.03 Å². The number of hydrogen-bond acceptors (Lipinski definition) is 6. The largest absolute Gasteiger partial charge is 0.417 e. The molecular formula is C21H21F3N4O5S. The Morgan fingerprint density at radius 3 is 2.47 bits per heavy atom. The van der Waals surface area contributed by atoms with Crippen LogP contribution < -0.4 is 9.62 Å². The number of alkyl halides is 3. The number of nitriles is 1. The highest BCUT2D eigenvalue weighted by Gasteiger charge is 2.96. The van der Waals surface area contributed by atoms with Crippen LogP contribution in [0, 0.1) is 28.6 Å². The van der Waals surface area contributed by atoms with Crippen LogP contribution in [0.15, 0.2) is 18.2 Å². The number of nitrogens with one attached hydrogen (secondary N) is 1. The molecular weight excluding hydrogens is 477 g/mol. The average Bonchev–Trinajstić information content (AvgIpc) is 3.25. The maximum absolute atomic E-state index is 13.6. The maximum atomic E-state index is 13.6. The number of amides is 2. The van der Waals surface area contributed by atoms with Crippen molar-refractivity contribution >= 4 is 27.7 Å². The third-order valence-electron chi connectivity index (χ3n) is 7.93. The molecule has 4 fully saturated rings. The molecule has 0 radical (unpaired) electrons. The number of halogens is 3. The van der Waals surface area contributed by atoms with Crippen LogP contribution in [0.2, 0.25) is 0 Å². The standard InChI is InChI=1S/C21H21F3N4O5S/c1-18-8-13(26-34(31,32)27(3)4)19(2,33-18)15-14-16(29)28(17(30)20(14,15)18)11-6-5-10(9-25)12(7-11)21(22,23)24/h5-7,13-15,26H,8H2,1-4H3/t13-,14-,15+,18?,19?,20+/m1/s1. The first kappa shape index (κ1) is 23.2. The lowest BCUT2D eigenvalue weighted by atomic mass is 9.72. The number of benzene rings is 1. The summed E-state index contributed by atoms with van der Waals surface area (Å²) in [6, 6.07) is 3.50. The third-order valence-corrected chi connectivity index (χ3v) is 9.47. The molecule has 5 rings (SSSR count). The molecule has 3 saturated heterocycles. The summed E-state index contributed by atoms with van der Waals surface area (Å²) in [5.41, 5.74) is -5.70. The smallest absolute Gasteiger partial charge is 0.366 e. The van der Waals surface area contributed by atoms with E-state index in [9.17, 15) is 31.2 Å². The normalized spacial score (nSPS) is 38.3. The van der Waals surface area contributed by atoms with Gasteiger partial charge in [0.1, 0.15) is 0 Å². The quantitative estimate of drug-likeness (QED) is 0.627. The van der Waals surface area contributed by atoms with Crippen LogP contribution in [0.4, 0.5) is 18.9 Å². The highest BCUT2D eigenvalue weighted by atomic mass is 32.2. The van der Waals surface area contributed by atoms with Gasteiger partial charge in [-0.15, -0.1) is 0 Å². The maximum Gasteiger partial charge on any atom is 0.417 e. The predicted molar refractivity (Wildman–Crippen MR) is 110 cm³/mol. The fraction of sp³-hybridized carbons (Fsp3) is 0.571. The molecule has 2 unspecified atom stereocenters. The van der Waals surface area contributed by atoms with Gasteiger partial charge in [0.2, 0.25) is 11.8 Å². The fourth-order valence-electron chi connectivity index (χ4n) is 6.50. The lowest BCUT2D eigenvalue weighted by Crippen LogP contribution is -2.56. The highest BCUT2D eigenvalue weighted by Crippen LogP contribution is 2.83. The van der Waals surface area contributed by atoms with Crippen LogP contribution in [-0.4, -0.2) is 55.9 Å². The van der Waals surface area contributed by atoms with Gasteiger partial charge >= 0.3 is 6.18 Å². The molecule has 2 bridgehead atoms. The molecule has 4 aliphatic rings. The molecule has 1 spiro atoms. The lowest BCUT2D eigenvalue weighted by Gasteiger charge is -2.35. The number of hydrogen-bond donors (Lipinski definition) is 1. The summed E-state index contributed by atoms with van der Waals surface area (Å²) >= 11 is 0. The Morgan fingerprint density at radius 2 is 1.91 bits per heavy atom. The first-order valence-electron chi connectivity index (χ1n) is 10.5. The van der Waals surface area contributed by atoms with Crippen LogP contribution >= 0.6 is 0 Å². The zero-order chi connectivity index (χ0) is 25.2. The Labute approximate surface area is 193 Å². The monoisotopic (exact) mass is 498 g/mol. The minimum atomic E-state index is -4.84. The van der Waals surface area contributed by atoms with E-state index < -0.39 is 73.8 Å². The number of piperidine rings is 1. The van der Waals surface area contributed by atoms with Gasteiger partial charge in [0.15, 0.2) is 0 Å². The second-order valence-electron chi connectivity index (χ2n) is 9.82. The summed E-state index contributed by atoms with van der Waals surface area (Å²) in [5, 5.41) is 9.02. The second-order valence-corrected chi connectivity index (χ2v) is 11.7. The zero-order valence-electron chi connectivity index (χ0n) is 18.6. The van der Waals surface area contributed by atoms with E-state index >= 15 is 0 Å². The van der Waals surface area contributed by atoms with Crippen molar-refractivity contribution in [1.29, 1.82) is 5.26 Å². The average molecular weight is 498 g/mol. The Hall–Kier alpha value is -2.53. The topological polar surface area (TPSA) is 120 Å². The molecule has 2 amide bonds. The minimum absolute atomic E-state index is 0.123. The van der Waals surface area contributed by atoms with Gasteiger partial charge in [0, 0.05) is 20.0 Å². The van der Waals surface area contributed by atoms with Gasteiger partial charge in [-0.25, -0.2) is 4.90 Å². The van der Waals surface area contributed by atoms with Gasteiger partial charge in [-0.05, 0) is 38.5 Å². The lowest BCUT2D eigenvalue weighted by molar-refractivity contribution is -0.138. The number of fused-ring (bicyclic) bond motifs is 4.